The quantitative estimate of drug-likeness (QED) is 0.822. The lowest BCUT2D eigenvalue weighted by Gasteiger charge is -2.25. The smallest absolute Gasteiger partial charge is 0.306 e. The molecule has 0 fully saturated rings. The van der Waals surface area contributed by atoms with Gasteiger partial charge in [-0.1, -0.05) is 6.07 Å². The molecule has 0 spiro atoms. The van der Waals surface area contributed by atoms with Gasteiger partial charge in [0.1, 0.15) is 5.75 Å². The second kappa shape index (κ2) is 8.37. The summed E-state index contributed by atoms with van der Waals surface area (Å²) in [6, 6.07) is 14.0. The molecule has 27 heavy (non-hydrogen) atoms. The monoisotopic (exact) mass is 364 g/mol. The maximum Gasteiger partial charge on any atom is 0.306 e. The van der Waals surface area contributed by atoms with E-state index in [4.69, 9.17) is 14.7 Å². The van der Waals surface area contributed by atoms with Gasteiger partial charge in [-0.2, -0.15) is 5.26 Å². The number of nitrogens with zero attached hydrogens (tertiary/aromatic N) is 1. The van der Waals surface area contributed by atoms with Gasteiger partial charge in [-0.3, -0.25) is 9.59 Å². The number of anilines is 1. The Morgan fingerprint density at radius 1 is 1.26 bits per heavy atom. The van der Waals surface area contributed by atoms with E-state index < -0.39 is 0 Å². The van der Waals surface area contributed by atoms with Crippen LogP contribution >= 0.6 is 0 Å². The molecule has 0 aromatic heterocycles. The molecule has 1 amide bonds. The lowest BCUT2D eigenvalue weighted by atomic mass is 9.94. The van der Waals surface area contributed by atoms with Gasteiger partial charge in [0.15, 0.2) is 0 Å². The number of benzene rings is 2. The number of hydrogen-bond acceptors (Lipinski definition) is 5. The number of nitrogens with one attached hydrogen (secondary N) is 1. The second-order valence-electron chi connectivity index (χ2n) is 6.36. The van der Waals surface area contributed by atoms with Crippen LogP contribution in [0.1, 0.15) is 34.8 Å². The van der Waals surface area contributed by atoms with Crippen LogP contribution in [0.4, 0.5) is 5.69 Å². The van der Waals surface area contributed by atoms with E-state index in [0.717, 1.165) is 12.0 Å². The fourth-order valence-electron chi connectivity index (χ4n) is 3.00. The molecule has 1 aliphatic rings. The predicted molar refractivity (Wildman–Crippen MR) is 99.5 cm³/mol. The number of carbonyl (C=O) groups excluding carboxylic acids is 2. The van der Waals surface area contributed by atoms with Crippen LogP contribution in [-0.2, 0) is 16.0 Å². The van der Waals surface area contributed by atoms with Crippen molar-refractivity contribution in [2.24, 2.45) is 5.92 Å². The normalized spacial score (nSPS) is 15.0. The van der Waals surface area contributed by atoms with E-state index in [1.807, 2.05) is 18.2 Å². The molecule has 0 saturated carbocycles. The average Bonchev–Trinajstić information content (AvgIpc) is 2.68. The Morgan fingerprint density at radius 3 is 2.74 bits per heavy atom. The van der Waals surface area contributed by atoms with Gasteiger partial charge in [0.2, 0.25) is 0 Å². The molecule has 138 valence electrons. The molecule has 6 nitrogen and oxygen atoms in total. The van der Waals surface area contributed by atoms with Gasteiger partial charge in [0.25, 0.3) is 5.91 Å². The third-order valence-corrected chi connectivity index (χ3v) is 4.35. The molecular formula is C21H20N2O4. The minimum absolute atomic E-state index is 0.0932. The van der Waals surface area contributed by atoms with E-state index in [-0.39, 0.29) is 17.8 Å². The summed E-state index contributed by atoms with van der Waals surface area (Å²) in [6.07, 6.45) is 1.07. The van der Waals surface area contributed by atoms with Crippen molar-refractivity contribution >= 4 is 17.6 Å². The van der Waals surface area contributed by atoms with Crippen LogP contribution in [0.15, 0.2) is 42.5 Å². The van der Waals surface area contributed by atoms with E-state index in [0.29, 0.717) is 42.2 Å². The highest BCUT2D eigenvalue weighted by atomic mass is 16.5. The summed E-state index contributed by atoms with van der Waals surface area (Å²) < 4.78 is 10.8. The largest absolute Gasteiger partial charge is 0.493 e. The summed E-state index contributed by atoms with van der Waals surface area (Å²) >= 11 is 0. The zero-order chi connectivity index (χ0) is 19.2. The molecular weight excluding hydrogens is 344 g/mol. The van der Waals surface area contributed by atoms with Gasteiger partial charge in [0, 0.05) is 23.2 Å². The lowest BCUT2D eigenvalue weighted by Crippen LogP contribution is -2.24. The zero-order valence-electron chi connectivity index (χ0n) is 15.0. The van der Waals surface area contributed by atoms with Crippen molar-refractivity contribution in [1.82, 2.24) is 0 Å². The Hall–Kier alpha value is -3.33. The average molecular weight is 364 g/mol. The maximum absolute atomic E-state index is 12.3. The van der Waals surface area contributed by atoms with Gasteiger partial charge in [-0.05, 0) is 49.2 Å². The summed E-state index contributed by atoms with van der Waals surface area (Å²) in [5, 5.41) is 11.6. The highest BCUT2D eigenvalue weighted by molar-refractivity contribution is 6.04. The lowest BCUT2D eigenvalue weighted by molar-refractivity contribution is -0.144. The van der Waals surface area contributed by atoms with Crippen molar-refractivity contribution in [3.63, 3.8) is 0 Å². The third kappa shape index (κ3) is 4.64. The molecule has 1 aliphatic heterocycles. The number of fused-ring (bicyclic) bond motifs is 1. The van der Waals surface area contributed by atoms with Crippen LogP contribution < -0.4 is 10.1 Å². The molecule has 1 unspecified atom stereocenters. The molecule has 1 atom stereocenters. The highest BCUT2D eigenvalue weighted by Crippen LogP contribution is 2.31. The van der Waals surface area contributed by atoms with Gasteiger partial charge in [-0.15, -0.1) is 0 Å². The van der Waals surface area contributed by atoms with Crippen LogP contribution in [0, 0.1) is 17.2 Å². The van der Waals surface area contributed by atoms with Crippen molar-refractivity contribution in [3.8, 4) is 11.8 Å². The Balaban J connectivity index is 1.64. The Bertz CT molecular complexity index is 884. The summed E-state index contributed by atoms with van der Waals surface area (Å²) in [6.45, 7) is 2.61. The first kappa shape index (κ1) is 18.5. The van der Waals surface area contributed by atoms with E-state index in [2.05, 4.69) is 5.32 Å². The molecule has 1 N–H and O–H groups in total. The summed E-state index contributed by atoms with van der Waals surface area (Å²) in [5.41, 5.74) is 2.62. The summed E-state index contributed by atoms with van der Waals surface area (Å²) in [4.78, 5) is 24.0. The van der Waals surface area contributed by atoms with Gasteiger partial charge in [-0.25, -0.2) is 0 Å². The molecule has 2 aromatic rings. The van der Waals surface area contributed by atoms with Gasteiger partial charge >= 0.3 is 5.97 Å². The van der Waals surface area contributed by atoms with E-state index >= 15 is 0 Å². The molecule has 1 heterocycles. The van der Waals surface area contributed by atoms with Gasteiger partial charge < -0.3 is 14.8 Å². The van der Waals surface area contributed by atoms with Crippen molar-refractivity contribution in [2.75, 3.05) is 18.5 Å². The first-order chi connectivity index (χ1) is 13.1. The number of ether oxygens (including phenoxy) is 2. The number of amides is 1. The van der Waals surface area contributed by atoms with Gasteiger partial charge in [0.05, 0.1) is 31.3 Å². The van der Waals surface area contributed by atoms with Crippen molar-refractivity contribution in [3.05, 3.63) is 59.2 Å². The first-order valence-electron chi connectivity index (χ1n) is 8.82. The SMILES string of the molecule is CCOC(=O)CC1COc2cc(NC(=O)c3ccc(C#N)cc3)ccc2C1. The number of hydrogen-bond donors (Lipinski definition) is 1. The topological polar surface area (TPSA) is 88.4 Å². The Kier molecular flexibility index (Phi) is 5.72. The van der Waals surface area contributed by atoms with E-state index in [1.165, 1.54) is 0 Å². The molecule has 6 heteroatoms. The first-order valence-corrected chi connectivity index (χ1v) is 8.82. The zero-order valence-corrected chi connectivity index (χ0v) is 15.0. The van der Waals surface area contributed by atoms with Crippen LogP contribution in [0.3, 0.4) is 0 Å². The molecule has 0 bridgehead atoms. The number of rotatable bonds is 5. The van der Waals surface area contributed by atoms with Crippen LogP contribution in [0.2, 0.25) is 0 Å². The molecule has 0 aliphatic carbocycles. The number of nitriles is 1. The van der Waals surface area contributed by atoms with Crippen molar-refractivity contribution in [1.29, 1.82) is 5.26 Å². The fourth-order valence-corrected chi connectivity index (χ4v) is 3.00. The number of carbonyl (C=O) groups is 2. The van der Waals surface area contributed by atoms with Crippen LogP contribution in [0.25, 0.3) is 0 Å². The van der Waals surface area contributed by atoms with Crippen LogP contribution in [-0.4, -0.2) is 25.1 Å². The molecule has 0 radical (unpaired) electrons. The maximum atomic E-state index is 12.3. The predicted octanol–water partition coefficient (Wildman–Crippen LogP) is 3.31. The highest BCUT2D eigenvalue weighted by Gasteiger charge is 2.23. The molecule has 3 rings (SSSR count). The number of esters is 1. The van der Waals surface area contributed by atoms with E-state index in [9.17, 15) is 9.59 Å². The summed E-state index contributed by atoms with van der Waals surface area (Å²) in [7, 11) is 0. The standard InChI is InChI=1S/C21H20N2O4/c1-2-26-20(24)10-15-9-17-7-8-18(11-19(17)27-13-15)23-21(25)16-5-3-14(12-22)4-6-16/h3-8,11,15H,2,9-10,13H2,1H3,(H,23,25). The minimum atomic E-state index is -0.254. The third-order valence-electron chi connectivity index (χ3n) is 4.35. The second-order valence-corrected chi connectivity index (χ2v) is 6.36. The van der Waals surface area contributed by atoms with E-state index in [1.54, 1.807) is 37.3 Å². The summed E-state index contributed by atoms with van der Waals surface area (Å²) in [5.74, 6) is 0.347. The molecule has 2 aromatic carbocycles. The molecule has 0 saturated heterocycles. The van der Waals surface area contributed by atoms with Crippen LogP contribution in [0.5, 0.6) is 5.75 Å². The Morgan fingerprint density at radius 2 is 2.04 bits per heavy atom. The Labute approximate surface area is 157 Å². The minimum Gasteiger partial charge on any atom is -0.493 e. The van der Waals surface area contributed by atoms with Crippen molar-refractivity contribution < 1.29 is 19.1 Å². The van der Waals surface area contributed by atoms with Crippen molar-refractivity contribution in [2.45, 2.75) is 19.8 Å². The fraction of sp³-hybridized carbons (Fsp3) is 0.286.